The van der Waals surface area contributed by atoms with Gasteiger partial charge in [-0.3, -0.25) is 19.2 Å². The first-order valence-corrected chi connectivity index (χ1v) is 20.1. The average molecular weight is 810 g/mol. The molecule has 2 N–H and O–H groups in total. The molecule has 0 amide bonds. The van der Waals surface area contributed by atoms with Crippen molar-refractivity contribution < 1.29 is 53.1 Å². The molecule has 17 heteroatoms. The monoisotopic (exact) mass is 809 g/mol. The van der Waals surface area contributed by atoms with Crippen molar-refractivity contribution in [3.63, 3.8) is 0 Å². The zero-order valence-electron chi connectivity index (χ0n) is 32.5. The van der Waals surface area contributed by atoms with Gasteiger partial charge in [0.2, 0.25) is 0 Å². The van der Waals surface area contributed by atoms with Gasteiger partial charge in [0.1, 0.15) is 30.2 Å². The average Bonchev–Trinajstić information content (AvgIpc) is 3.53. The maximum Gasteiger partial charge on any atom is 0.309 e. The number of aryl methyl sites for hydroxylation is 1. The van der Waals surface area contributed by atoms with Crippen LogP contribution in [0.15, 0.2) is 28.4 Å². The number of benzene rings is 1. The Morgan fingerprint density at radius 2 is 1.21 bits per heavy atom. The molecule has 2 fully saturated rings. The highest BCUT2D eigenvalue weighted by molar-refractivity contribution is 7.16. The molecule has 308 valence electrons. The highest BCUT2D eigenvalue weighted by Crippen LogP contribution is 2.36. The first-order valence-electron chi connectivity index (χ1n) is 19.3. The van der Waals surface area contributed by atoms with Crippen LogP contribution in [0.5, 0.6) is 0 Å². The lowest BCUT2D eigenvalue weighted by molar-refractivity contribution is -0.160. The minimum absolute atomic E-state index is 0.0133. The standard InChI is InChI=1S/C40H51N5O11S/c1-26-23-28(11-12-34(26)43-44-36-33(24-41)27(2)35(25-42)57-36)45(14-16-53-19-21-55-39(50)31-9-5-3-7-29(31)37(46)47)13-15-52-17-18-54-20-22-56-40(51)32-10-6-4-8-30(32)38(48)49/h11-12,23,29-32H,3-10,13-22H2,1-2H3,(H,46,47)(H,48,49). The van der Waals surface area contributed by atoms with E-state index < -0.39 is 47.5 Å². The Balaban J connectivity index is 1.26. The molecule has 1 aromatic heterocycles. The summed E-state index contributed by atoms with van der Waals surface area (Å²) in [4.78, 5) is 50.6. The third-order valence-corrected chi connectivity index (χ3v) is 11.3. The van der Waals surface area contributed by atoms with Gasteiger partial charge < -0.3 is 38.8 Å². The first kappa shape index (κ1) is 44.8. The summed E-state index contributed by atoms with van der Waals surface area (Å²) in [5.74, 6) is -5.62. The van der Waals surface area contributed by atoms with Crippen molar-refractivity contribution in [2.24, 2.45) is 33.9 Å². The first-order chi connectivity index (χ1) is 27.5. The summed E-state index contributed by atoms with van der Waals surface area (Å²) in [7, 11) is 0. The van der Waals surface area contributed by atoms with Gasteiger partial charge in [0, 0.05) is 18.8 Å². The molecule has 2 saturated carbocycles. The van der Waals surface area contributed by atoms with Gasteiger partial charge in [-0.05, 0) is 68.9 Å². The smallest absolute Gasteiger partial charge is 0.309 e. The number of hydrogen-bond donors (Lipinski definition) is 2. The minimum Gasteiger partial charge on any atom is -0.481 e. The summed E-state index contributed by atoms with van der Waals surface area (Å²) in [6.45, 7) is 6.08. The molecule has 57 heavy (non-hydrogen) atoms. The fraction of sp³-hybridized carbons (Fsp3) is 0.600. The van der Waals surface area contributed by atoms with E-state index in [1.807, 2.05) is 25.1 Å². The van der Waals surface area contributed by atoms with E-state index in [1.54, 1.807) is 6.92 Å². The number of carbonyl (C=O) groups is 4. The number of carbonyl (C=O) groups excluding carboxylic acids is 2. The molecule has 0 saturated heterocycles. The molecule has 0 aliphatic heterocycles. The normalized spacial score (nSPS) is 19.4. The van der Waals surface area contributed by atoms with Gasteiger partial charge in [0.05, 0.1) is 74.6 Å². The third kappa shape index (κ3) is 13.3. The van der Waals surface area contributed by atoms with Crippen molar-refractivity contribution in [2.75, 3.05) is 70.8 Å². The zero-order valence-corrected chi connectivity index (χ0v) is 33.3. The van der Waals surface area contributed by atoms with Crippen molar-refractivity contribution in [1.82, 2.24) is 0 Å². The number of azo groups is 1. The molecule has 4 rings (SSSR count). The van der Waals surface area contributed by atoms with Gasteiger partial charge in [-0.15, -0.1) is 21.6 Å². The van der Waals surface area contributed by atoms with Crippen molar-refractivity contribution in [2.45, 2.75) is 65.2 Å². The molecular formula is C40H51N5O11S. The maximum absolute atomic E-state index is 12.6. The predicted octanol–water partition coefficient (Wildman–Crippen LogP) is 6.25. The fourth-order valence-electron chi connectivity index (χ4n) is 7.03. The lowest BCUT2D eigenvalue weighted by atomic mass is 9.79. The van der Waals surface area contributed by atoms with E-state index in [9.17, 15) is 39.9 Å². The number of nitriles is 2. The molecule has 16 nitrogen and oxygen atoms in total. The Hall–Kier alpha value is -4.94. The van der Waals surface area contributed by atoms with E-state index in [0.29, 0.717) is 78.7 Å². The molecule has 2 aromatic rings. The summed E-state index contributed by atoms with van der Waals surface area (Å²) >= 11 is 1.12. The van der Waals surface area contributed by atoms with E-state index in [1.165, 1.54) is 0 Å². The van der Waals surface area contributed by atoms with Crippen LogP contribution in [0.1, 0.15) is 72.9 Å². The topological polar surface area (TPSA) is 230 Å². The van der Waals surface area contributed by atoms with Crippen LogP contribution in [0.4, 0.5) is 16.4 Å². The van der Waals surface area contributed by atoms with Crippen LogP contribution >= 0.6 is 11.3 Å². The molecular weight excluding hydrogens is 759 g/mol. The van der Waals surface area contributed by atoms with Crippen molar-refractivity contribution in [3.8, 4) is 12.1 Å². The maximum atomic E-state index is 12.6. The van der Waals surface area contributed by atoms with Crippen LogP contribution in [-0.2, 0) is 42.9 Å². The summed E-state index contributed by atoms with van der Waals surface area (Å²) in [5.41, 5.74) is 3.18. The molecule has 2 aliphatic rings. The lowest BCUT2D eigenvalue weighted by Crippen LogP contribution is -2.34. The lowest BCUT2D eigenvalue weighted by Gasteiger charge is -2.27. The number of esters is 2. The number of hydrogen-bond acceptors (Lipinski definition) is 15. The number of ether oxygens (including phenoxy) is 5. The van der Waals surface area contributed by atoms with Crippen LogP contribution in [0.2, 0.25) is 0 Å². The quantitative estimate of drug-likeness (QED) is 0.0761. The van der Waals surface area contributed by atoms with Gasteiger partial charge in [-0.1, -0.05) is 25.7 Å². The van der Waals surface area contributed by atoms with Crippen LogP contribution in [0, 0.1) is 60.2 Å². The van der Waals surface area contributed by atoms with E-state index in [-0.39, 0.29) is 39.6 Å². The van der Waals surface area contributed by atoms with E-state index >= 15 is 0 Å². The Kier molecular flexibility index (Phi) is 18.3. The number of rotatable bonds is 22. The highest BCUT2D eigenvalue weighted by atomic mass is 32.1. The van der Waals surface area contributed by atoms with Gasteiger partial charge in [0.25, 0.3) is 0 Å². The Morgan fingerprint density at radius 3 is 1.68 bits per heavy atom. The van der Waals surface area contributed by atoms with Gasteiger partial charge in [-0.25, -0.2) is 0 Å². The van der Waals surface area contributed by atoms with E-state index in [0.717, 1.165) is 48.3 Å². The molecule has 0 bridgehead atoms. The third-order valence-electron chi connectivity index (χ3n) is 10.2. The van der Waals surface area contributed by atoms with E-state index in [4.69, 9.17) is 23.7 Å². The van der Waals surface area contributed by atoms with Crippen LogP contribution in [0.25, 0.3) is 0 Å². The largest absolute Gasteiger partial charge is 0.481 e. The van der Waals surface area contributed by atoms with Crippen molar-refractivity contribution in [1.29, 1.82) is 10.5 Å². The Bertz CT molecular complexity index is 1800. The molecule has 4 unspecified atom stereocenters. The van der Waals surface area contributed by atoms with Crippen molar-refractivity contribution in [3.05, 3.63) is 39.8 Å². The van der Waals surface area contributed by atoms with Crippen LogP contribution in [-0.4, -0.2) is 100 Å². The van der Waals surface area contributed by atoms with Crippen LogP contribution in [0.3, 0.4) is 0 Å². The zero-order chi connectivity index (χ0) is 41.2. The predicted molar refractivity (Wildman–Crippen MR) is 207 cm³/mol. The molecule has 4 atom stereocenters. The van der Waals surface area contributed by atoms with Crippen molar-refractivity contribution >= 4 is 51.6 Å². The summed E-state index contributed by atoms with van der Waals surface area (Å²) in [6.07, 6.45) is 5.14. The van der Waals surface area contributed by atoms with Gasteiger partial charge >= 0.3 is 23.9 Å². The SMILES string of the molecule is Cc1cc(N(CCOCCOCCOC(=O)C2CCCCC2C(=O)O)CCOCCOC(=O)C2CCCCC2C(=O)O)ccc1N=Nc1sc(C#N)c(C)c1C#N. The molecule has 0 radical (unpaired) electrons. The Morgan fingerprint density at radius 1 is 0.719 bits per heavy atom. The number of anilines is 1. The fourth-order valence-corrected chi connectivity index (χ4v) is 7.91. The second-order valence-corrected chi connectivity index (χ2v) is 15.0. The highest BCUT2D eigenvalue weighted by Gasteiger charge is 2.37. The number of carboxylic acids is 2. The molecule has 0 spiro atoms. The number of thiophene rings is 1. The molecule has 2 aliphatic carbocycles. The summed E-state index contributed by atoms with van der Waals surface area (Å²) < 4.78 is 27.8. The minimum atomic E-state index is -0.971. The number of carboxylic acid groups (broad SMARTS) is 2. The van der Waals surface area contributed by atoms with Gasteiger partial charge in [-0.2, -0.15) is 10.5 Å². The summed E-state index contributed by atoms with van der Waals surface area (Å²) in [6, 6.07) is 9.83. The molecule has 1 heterocycles. The summed E-state index contributed by atoms with van der Waals surface area (Å²) in [5, 5.41) is 46.8. The van der Waals surface area contributed by atoms with Crippen LogP contribution < -0.4 is 4.90 Å². The Labute approximate surface area is 336 Å². The molecule has 1 aromatic carbocycles. The van der Waals surface area contributed by atoms with E-state index in [2.05, 4.69) is 27.3 Å². The second kappa shape index (κ2) is 23.3. The number of nitrogens with zero attached hydrogens (tertiary/aromatic N) is 5. The second-order valence-electron chi connectivity index (χ2n) is 14.0. The van der Waals surface area contributed by atoms with Gasteiger partial charge in [0.15, 0.2) is 5.00 Å². The number of aliphatic carboxylic acids is 2.